The number of hydrogen-bond acceptors (Lipinski definition) is 4. The predicted octanol–water partition coefficient (Wildman–Crippen LogP) is 4.05. The molecule has 6 nitrogen and oxygen atoms in total. The number of benzene rings is 3. The summed E-state index contributed by atoms with van der Waals surface area (Å²) >= 11 is 0. The Kier molecular flexibility index (Phi) is 5.95. The van der Waals surface area contributed by atoms with E-state index in [-0.39, 0.29) is 10.6 Å². The third-order valence-corrected chi connectivity index (χ3v) is 6.84. The molecule has 0 saturated carbocycles. The van der Waals surface area contributed by atoms with E-state index in [4.69, 9.17) is 0 Å². The van der Waals surface area contributed by atoms with Crippen LogP contribution < -0.4 is 9.44 Å². The van der Waals surface area contributed by atoms with Gasteiger partial charge in [-0.2, -0.15) is 0 Å². The van der Waals surface area contributed by atoms with Gasteiger partial charge in [0.1, 0.15) is 0 Å². The first-order valence-electron chi connectivity index (χ1n) is 8.89. The zero-order chi connectivity index (χ0) is 21.1. The molecule has 3 aromatic rings. The molecule has 0 aromatic heterocycles. The maximum Gasteiger partial charge on any atom is 0.261 e. The lowest BCUT2D eigenvalue weighted by Gasteiger charge is -2.11. The van der Waals surface area contributed by atoms with Crippen LogP contribution in [0.25, 0.3) is 0 Å². The molecule has 0 atom stereocenters. The first kappa shape index (κ1) is 20.9. The van der Waals surface area contributed by atoms with E-state index in [2.05, 4.69) is 9.44 Å². The summed E-state index contributed by atoms with van der Waals surface area (Å²) in [7, 11) is -7.39. The van der Waals surface area contributed by atoms with Gasteiger partial charge in [0.15, 0.2) is 0 Å². The number of aryl methyl sites for hydroxylation is 2. The molecule has 0 heterocycles. The van der Waals surface area contributed by atoms with E-state index in [1.54, 1.807) is 30.3 Å². The van der Waals surface area contributed by atoms with Gasteiger partial charge in [-0.25, -0.2) is 16.8 Å². The van der Waals surface area contributed by atoms with Gasteiger partial charge in [-0.15, -0.1) is 0 Å². The first-order chi connectivity index (χ1) is 13.6. The molecular formula is C21H22N2O4S2. The second-order valence-corrected chi connectivity index (χ2v) is 10.3. The van der Waals surface area contributed by atoms with Crippen molar-refractivity contribution < 1.29 is 16.8 Å². The summed E-state index contributed by atoms with van der Waals surface area (Å²) in [5, 5.41) is 0. The van der Waals surface area contributed by atoms with E-state index in [9.17, 15) is 16.8 Å². The lowest BCUT2D eigenvalue weighted by molar-refractivity contribution is 0.599. The summed E-state index contributed by atoms with van der Waals surface area (Å²) in [6.07, 6.45) is 0. The summed E-state index contributed by atoms with van der Waals surface area (Å²) in [6.45, 7) is 3.80. The topological polar surface area (TPSA) is 92.3 Å². The van der Waals surface area contributed by atoms with E-state index in [1.807, 2.05) is 32.0 Å². The van der Waals surface area contributed by atoms with Crippen LogP contribution in [0.3, 0.4) is 0 Å². The number of anilines is 2. The van der Waals surface area contributed by atoms with Crippen LogP contribution >= 0.6 is 0 Å². The Labute approximate surface area is 171 Å². The molecular weight excluding hydrogens is 408 g/mol. The van der Waals surface area contributed by atoms with Crippen LogP contribution in [0.5, 0.6) is 0 Å². The van der Waals surface area contributed by atoms with Crippen molar-refractivity contribution in [2.75, 3.05) is 9.44 Å². The molecule has 0 aliphatic carbocycles. The minimum atomic E-state index is -3.77. The molecule has 152 valence electrons. The quantitative estimate of drug-likeness (QED) is 0.592. The normalized spacial score (nSPS) is 11.8. The van der Waals surface area contributed by atoms with Gasteiger partial charge in [0.05, 0.1) is 10.6 Å². The molecule has 3 aromatic carbocycles. The molecule has 3 rings (SSSR count). The highest BCUT2D eigenvalue weighted by molar-refractivity contribution is 7.92. The van der Waals surface area contributed by atoms with Crippen molar-refractivity contribution in [2.45, 2.75) is 24.5 Å². The average molecular weight is 431 g/mol. The van der Waals surface area contributed by atoms with Gasteiger partial charge in [-0.05, 0) is 61.4 Å². The van der Waals surface area contributed by atoms with Crippen molar-refractivity contribution in [3.05, 3.63) is 89.5 Å². The van der Waals surface area contributed by atoms with E-state index in [0.29, 0.717) is 16.9 Å². The van der Waals surface area contributed by atoms with Gasteiger partial charge in [0.2, 0.25) is 10.0 Å². The third kappa shape index (κ3) is 5.82. The summed E-state index contributed by atoms with van der Waals surface area (Å²) in [5.74, 6) is -0.164. The number of sulfonamides is 2. The lowest BCUT2D eigenvalue weighted by atomic mass is 10.2. The van der Waals surface area contributed by atoms with Crippen molar-refractivity contribution >= 4 is 31.4 Å². The maximum atomic E-state index is 12.5. The largest absolute Gasteiger partial charge is 0.283 e. The van der Waals surface area contributed by atoms with Crippen molar-refractivity contribution in [3.63, 3.8) is 0 Å². The minimum absolute atomic E-state index is 0.0421. The fourth-order valence-corrected chi connectivity index (χ4v) is 4.99. The molecule has 0 radical (unpaired) electrons. The maximum absolute atomic E-state index is 12.5. The Morgan fingerprint density at radius 3 is 1.97 bits per heavy atom. The Morgan fingerprint density at radius 2 is 1.34 bits per heavy atom. The highest BCUT2D eigenvalue weighted by Crippen LogP contribution is 2.20. The van der Waals surface area contributed by atoms with E-state index < -0.39 is 20.0 Å². The molecule has 0 spiro atoms. The molecule has 0 aliphatic rings. The fourth-order valence-electron chi connectivity index (χ4n) is 2.74. The molecule has 0 bridgehead atoms. The average Bonchev–Trinajstić information content (AvgIpc) is 2.63. The number of rotatable bonds is 7. The van der Waals surface area contributed by atoms with E-state index in [1.165, 1.54) is 24.3 Å². The zero-order valence-corrected chi connectivity index (χ0v) is 17.7. The second-order valence-electron chi connectivity index (χ2n) is 6.85. The summed E-state index contributed by atoms with van der Waals surface area (Å²) < 4.78 is 54.8. The highest BCUT2D eigenvalue weighted by Gasteiger charge is 2.16. The predicted molar refractivity (Wildman–Crippen MR) is 116 cm³/mol. The lowest BCUT2D eigenvalue weighted by Crippen LogP contribution is -2.16. The van der Waals surface area contributed by atoms with Crippen molar-refractivity contribution in [1.29, 1.82) is 0 Å². The Balaban J connectivity index is 1.71. The number of nitrogens with one attached hydrogen (secondary N) is 2. The van der Waals surface area contributed by atoms with Gasteiger partial charge in [0, 0.05) is 11.4 Å². The minimum Gasteiger partial charge on any atom is -0.283 e. The van der Waals surface area contributed by atoms with Crippen molar-refractivity contribution in [1.82, 2.24) is 0 Å². The molecule has 0 amide bonds. The van der Waals surface area contributed by atoms with Crippen LogP contribution in [0.2, 0.25) is 0 Å². The third-order valence-electron chi connectivity index (χ3n) is 4.19. The standard InChI is InChI=1S/C21H22N2O4S2/c1-16-6-8-18(9-7-16)15-28(24,25)22-19-10-12-21(13-11-19)29(26,27)23-20-5-3-4-17(2)14-20/h3-14,22-23H,15H2,1-2H3. The Morgan fingerprint density at radius 1 is 0.690 bits per heavy atom. The van der Waals surface area contributed by atoms with Crippen molar-refractivity contribution in [2.24, 2.45) is 0 Å². The molecule has 0 aliphatic heterocycles. The van der Waals surface area contributed by atoms with Gasteiger partial charge in [-0.3, -0.25) is 9.44 Å². The van der Waals surface area contributed by atoms with Crippen LogP contribution in [0.1, 0.15) is 16.7 Å². The van der Waals surface area contributed by atoms with Crippen LogP contribution in [-0.2, 0) is 25.8 Å². The smallest absolute Gasteiger partial charge is 0.261 e. The SMILES string of the molecule is Cc1ccc(CS(=O)(=O)Nc2ccc(S(=O)(=O)Nc3cccc(C)c3)cc2)cc1. The van der Waals surface area contributed by atoms with Crippen LogP contribution in [0, 0.1) is 13.8 Å². The first-order valence-corrected chi connectivity index (χ1v) is 12.0. The van der Waals surface area contributed by atoms with E-state index >= 15 is 0 Å². The number of hydrogen-bond donors (Lipinski definition) is 2. The molecule has 0 unspecified atom stereocenters. The zero-order valence-electron chi connectivity index (χ0n) is 16.1. The fraction of sp³-hybridized carbons (Fsp3) is 0.143. The highest BCUT2D eigenvalue weighted by atomic mass is 32.2. The molecule has 8 heteroatoms. The second kappa shape index (κ2) is 8.26. The van der Waals surface area contributed by atoms with Crippen LogP contribution in [0.15, 0.2) is 77.7 Å². The van der Waals surface area contributed by atoms with Gasteiger partial charge >= 0.3 is 0 Å². The summed E-state index contributed by atoms with van der Waals surface area (Å²) in [6, 6.07) is 19.8. The molecule has 2 N–H and O–H groups in total. The van der Waals surface area contributed by atoms with Crippen LogP contribution in [-0.4, -0.2) is 16.8 Å². The Bertz CT molecular complexity index is 1200. The van der Waals surface area contributed by atoms with Gasteiger partial charge in [0.25, 0.3) is 10.0 Å². The summed E-state index contributed by atoms with van der Waals surface area (Å²) in [5.41, 5.74) is 3.42. The molecule has 0 saturated heterocycles. The van der Waals surface area contributed by atoms with Crippen molar-refractivity contribution in [3.8, 4) is 0 Å². The van der Waals surface area contributed by atoms with Crippen LogP contribution in [0.4, 0.5) is 11.4 Å². The van der Waals surface area contributed by atoms with E-state index in [0.717, 1.165) is 11.1 Å². The molecule has 0 fully saturated rings. The molecule has 29 heavy (non-hydrogen) atoms. The Hall–Kier alpha value is -2.84. The monoisotopic (exact) mass is 430 g/mol. The van der Waals surface area contributed by atoms with Gasteiger partial charge in [-0.1, -0.05) is 42.0 Å². The van der Waals surface area contributed by atoms with Gasteiger partial charge < -0.3 is 0 Å². The summed E-state index contributed by atoms with van der Waals surface area (Å²) in [4.78, 5) is 0.0421.